The molecule has 0 aliphatic carbocycles. The lowest BCUT2D eigenvalue weighted by molar-refractivity contribution is 0.491. The van der Waals surface area contributed by atoms with Gasteiger partial charge in [0.05, 0.1) is 4.01 Å². The first kappa shape index (κ1) is 6.87. The molecule has 10 heavy (non-hydrogen) atoms. The van der Waals surface area contributed by atoms with E-state index < -0.39 is 0 Å². The van der Waals surface area contributed by atoms with Crippen LogP contribution in [-0.2, 0) is 0 Å². The Morgan fingerprint density at radius 3 is 3.00 bits per heavy atom. The number of thiophene rings is 2. The van der Waals surface area contributed by atoms with Gasteiger partial charge in [0.1, 0.15) is 0 Å². The van der Waals surface area contributed by atoms with Gasteiger partial charge in [0, 0.05) is 20.4 Å². The fraction of sp³-hybridized carbons (Fsp3) is 0. The zero-order chi connectivity index (χ0) is 7.14. The predicted molar refractivity (Wildman–Crippen MR) is 54.1 cm³/mol. The number of fused-ring (bicyclic) bond motifs is 1. The lowest BCUT2D eigenvalue weighted by atomic mass is 10.4. The van der Waals surface area contributed by atoms with Crippen LogP contribution in [0, 0.1) is 3.57 Å². The second-order valence-corrected chi connectivity index (χ2v) is 5.20. The summed E-state index contributed by atoms with van der Waals surface area (Å²) in [6.45, 7) is 0. The van der Waals surface area contributed by atoms with E-state index >= 15 is 0 Å². The highest BCUT2D eigenvalue weighted by atomic mass is 127. The number of aromatic hydroxyl groups is 1. The molecule has 2 aromatic heterocycles. The molecule has 0 bridgehead atoms. The average Bonchev–Trinajstić information content (AvgIpc) is 2.35. The van der Waals surface area contributed by atoms with Crippen LogP contribution in [0.25, 0.3) is 9.40 Å². The zero-order valence-electron chi connectivity index (χ0n) is 4.80. The molecule has 0 fully saturated rings. The van der Waals surface area contributed by atoms with Crippen molar-refractivity contribution in [2.75, 3.05) is 0 Å². The molecule has 1 N–H and O–H groups in total. The van der Waals surface area contributed by atoms with E-state index in [9.17, 15) is 0 Å². The van der Waals surface area contributed by atoms with Crippen molar-refractivity contribution in [2.45, 2.75) is 0 Å². The minimum Gasteiger partial charge on any atom is -0.499 e. The van der Waals surface area contributed by atoms with Gasteiger partial charge in [0.2, 0.25) is 0 Å². The molecule has 4 heteroatoms. The number of hydrogen-bond donors (Lipinski definition) is 1. The summed E-state index contributed by atoms with van der Waals surface area (Å²) in [5, 5.41) is 12.8. The summed E-state index contributed by atoms with van der Waals surface area (Å²) in [4.78, 5) is 0. The molecule has 1 nitrogen and oxygen atoms in total. The number of rotatable bonds is 0. The SMILES string of the molecule is Oc1cc2c(I)csc2s1. The van der Waals surface area contributed by atoms with Gasteiger partial charge < -0.3 is 5.11 Å². The molecule has 52 valence electrons. The summed E-state index contributed by atoms with van der Waals surface area (Å²) in [7, 11) is 0. The molecular formula is C6H3IOS2. The van der Waals surface area contributed by atoms with Crippen molar-refractivity contribution >= 4 is 54.7 Å². The first-order valence-corrected chi connectivity index (χ1v) is 5.40. The van der Waals surface area contributed by atoms with E-state index in [1.54, 1.807) is 11.3 Å². The van der Waals surface area contributed by atoms with Crippen molar-refractivity contribution in [2.24, 2.45) is 0 Å². The molecule has 0 aromatic carbocycles. The van der Waals surface area contributed by atoms with Crippen molar-refractivity contribution in [3.63, 3.8) is 0 Å². The average molecular weight is 282 g/mol. The molecule has 0 aliphatic heterocycles. The Kier molecular flexibility index (Phi) is 1.62. The van der Waals surface area contributed by atoms with Gasteiger partial charge >= 0.3 is 0 Å². The minimum atomic E-state index is 0.416. The van der Waals surface area contributed by atoms with Gasteiger partial charge in [-0.15, -0.1) is 11.3 Å². The van der Waals surface area contributed by atoms with Crippen molar-refractivity contribution in [3.8, 4) is 5.06 Å². The largest absolute Gasteiger partial charge is 0.499 e. The van der Waals surface area contributed by atoms with Crippen molar-refractivity contribution in [1.29, 1.82) is 0 Å². The maximum absolute atomic E-state index is 9.09. The summed E-state index contributed by atoms with van der Waals surface area (Å²) >= 11 is 5.40. The number of halogens is 1. The van der Waals surface area contributed by atoms with E-state index in [1.165, 1.54) is 24.3 Å². The van der Waals surface area contributed by atoms with Crippen LogP contribution in [0.4, 0.5) is 0 Å². The minimum absolute atomic E-state index is 0.416. The molecular weight excluding hydrogens is 279 g/mol. The Bertz CT molecular complexity index is 363. The topological polar surface area (TPSA) is 20.2 Å². The summed E-state index contributed by atoms with van der Waals surface area (Å²) in [6.07, 6.45) is 0. The third kappa shape index (κ3) is 0.943. The molecule has 0 radical (unpaired) electrons. The molecule has 0 atom stereocenters. The summed E-state index contributed by atoms with van der Waals surface area (Å²) in [6, 6.07) is 1.82. The Labute approximate surface area is 79.4 Å². The zero-order valence-corrected chi connectivity index (χ0v) is 8.59. The van der Waals surface area contributed by atoms with Crippen LogP contribution in [0.5, 0.6) is 5.06 Å². The molecule has 0 saturated heterocycles. The number of hydrogen-bond acceptors (Lipinski definition) is 3. The Morgan fingerprint density at radius 1 is 1.50 bits per heavy atom. The molecule has 0 amide bonds. The lowest BCUT2D eigenvalue weighted by Gasteiger charge is -1.75. The van der Waals surface area contributed by atoms with Crippen LogP contribution >= 0.6 is 45.3 Å². The van der Waals surface area contributed by atoms with Gasteiger partial charge in [0.15, 0.2) is 5.06 Å². The highest BCUT2D eigenvalue weighted by molar-refractivity contribution is 14.1. The molecule has 0 spiro atoms. The monoisotopic (exact) mass is 282 g/mol. The predicted octanol–water partition coefficient (Wildman–Crippen LogP) is 3.27. The highest BCUT2D eigenvalue weighted by Crippen LogP contribution is 2.37. The van der Waals surface area contributed by atoms with Crippen LogP contribution in [0.1, 0.15) is 0 Å². The quantitative estimate of drug-likeness (QED) is 0.735. The van der Waals surface area contributed by atoms with E-state index in [0.29, 0.717) is 5.06 Å². The van der Waals surface area contributed by atoms with Crippen LogP contribution in [0.15, 0.2) is 11.4 Å². The molecule has 2 rings (SSSR count). The van der Waals surface area contributed by atoms with Gasteiger partial charge in [-0.25, -0.2) is 0 Å². The second kappa shape index (κ2) is 2.35. The summed E-state index contributed by atoms with van der Waals surface area (Å²) in [5.74, 6) is 0. The van der Waals surface area contributed by atoms with E-state index in [1.807, 2.05) is 6.07 Å². The Hall–Kier alpha value is 0.190. The van der Waals surface area contributed by atoms with E-state index in [0.717, 1.165) is 0 Å². The van der Waals surface area contributed by atoms with Crippen molar-refractivity contribution < 1.29 is 5.11 Å². The summed E-state index contributed by atoms with van der Waals surface area (Å²) in [5.41, 5.74) is 0. The van der Waals surface area contributed by atoms with E-state index in [4.69, 9.17) is 5.11 Å². The molecule has 0 unspecified atom stereocenters. The summed E-state index contributed by atoms with van der Waals surface area (Å²) < 4.78 is 2.44. The third-order valence-electron chi connectivity index (χ3n) is 1.21. The molecule has 2 heterocycles. The van der Waals surface area contributed by atoms with E-state index in [-0.39, 0.29) is 0 Å². The fourth-order valence-corrected chi connectivity index (χ4v) is 3.83. The fourth-order valence-electron chi connectivity index (χ4n) is 0.785. The van der Waals surface area contributed by atoms with Crippen LogP contribution in [0.2, 0.25) is 0 Å². The van der Waals surface area contributed by atoms with Gasteiger partial charge in [-0.3, -0.25) is 0 Å². The first-order valence-electron chi connectivity index (χ1n) is 2.63. The van der Waals surface area contributed by atoms with Gasteiger partial charge in [-0.2, -0.15) is 0 Å². The van der Waals surface area contributed by atoms with E-state index in [2.05, 4.69) is 28.0 Å². The molecule has 0 aliphatic rings. The highest BCUT2D eigenvalue weighted by Gasteiger charge is 2.04. The van der Waals surface area contributed by atoms with Crippen LogP contribution < -0.4 is 0 Å². The van der Waals surface area contributed by atoms with Crippen LogP contribution in [0.3, 0.4) is 0 Å². The van der Waals surface area contributed by atoms with Gasteiger partial charge in [0.25, 0.3) is 0 Å². The lowest BCUT2D eigenvalue weighted by Crippen LogP contribution is -1.54. The van der Waals surface area contributed by atoms with Crippen molar-refractivity contribution in [3.05, 3.63) is 15.0 Å². The van der Waals surface area contributed by atoms with Crippen molar-refractivity contribution in [1.82, 2.24) is 0 Å². The molecule has 2 aromatic rings. The Balaban J connectivity index is 2.90. The Morgan fingerprint density at radius 2 is 2.30 bits per heavy atom. The third-order valence-corrected chi connectivity index (χ3v) is 4.59. The second-order valence-electron chi connectivity index (χ2n) is 1.87. The van der Waals surface area contributed by atoms with Gasteiger partial charge in [-0.1, -0.05) is 11.3 Å². The maximum Gasteiger partial charge on any atom is 0.173 e. The van der Waals surface area contributed by atoms with Gasteiger partial charge in [-0.05, 0) is 22.6 Å². The van der Waals surface area contributed by atoms with Crippen LogP contribution in [-0.4, -0.2) is 5.11 Å². The standard InChI is InChI=1S/C6H3IOS2/c7-4-2-9-6-3(4)1-5(8)10-6/h1-2,8H. The smallest absolute Gasteiger partial charge is 0.173 e. The normalized spacial score (nSPS) is 10.9. The maximum atomic E-state index is 9.09. The molecule has 0 saturated carbocycles. The first-order chi connectivity index (χ1) is 4.77.